The van der Waals surface area contributed by atoms with Crippen LogP contribution in [0.5, 0.6) is 5.88 Å². The lowest BCUT2D eigenvalue weighted by Gasteiger charge is -2.24. The predicted octanol–water partition coefficient (Wildman–Crippen LogP) is 2.29. The van der Waals surface area contributed by atoms with Crippen LogP contribution in [0.15, 0.2) is 59.1 Å². The second kappa shape index (κ2) is 9.40. The molecule has 0 aliphatic carbocycles. The van der Waals surface area contributed by atoms with Crippen LogP contribution in [0.1, 0.15) is 16.1 Å². The van der Waals surface area contributed by atoms with Crippen molar-refractivity contribution >= 4 is 23.5 Å². The third-order valence-electron chi connectivity index (χ3n) is 4.18. The number of carboxylic acids is 1. The maximum atomic E-state index is 12.3. The molecule has 1 unspecified atom stereocenters. The summed E-state index contributed by atoms with van der Waals surface area (Å²) >= 11 is 6.40. The minimum atomic E-state index is -1.75. The van der Waals surface area contributed by atoms with Crippen molar-refractivity contribution in [2.75, 3.05) is 6.54 Å². The van der Waals surface area contributed by atoms with Crippen LogP contribution >= 0.6 is 11.6 Å². The van der Waals surface area contributed by atoms with Gasteiger partial charge in [-0.3, -0.25) is 10.2 Å². The van der Waals surface area contributed by atoms with Crippen LogP contribution in [-0.2, 0) is 11.3 Å². The number of halogens is 1. The van der Waals surface area contributed by atoms with Gasteiger partial charge in [-0.15, -0.1) is 0 Å². The molecule has 0 saturated carbocycles. The van der Waals surface area contributed by atoms with Crippen molar-refractivity contribution in [1.29, 1.82) is 0 Å². The standard InChI is InChI=1S/C20H18ClN3O6/c21-15-8-13(12-4-2-1-3-5-12)6-7-14(15)10-24(11-16(25)20(28)29)22-19(27)17-9-18(26)23-30-17/h1-9,16,25H,10-11H2,(H,22,27)(H,23,26)(H,28,29). The number of nitrogens with zero attached hydrogens (tertiary/aromatic N) is 2. The summed E-state index contributed by atoms with van der Waals surface area (Å²) in [7, 11) is 0. The summed E-state index contributed by atoms with van der Waals surface area (Å²) in [4.78, 5) is 23.3. The van der Waals surface area contributed by atoms with Crippen LogP contribution in [0.4, 0.5) is 0 Å². The molecule has 3 aromatic rings. The van der Waals surface area contributed by atoms with Crippen molar-refractivity contribution in [2.24, 2.45) is 0 Å². The quantitative estimate of drug-likeness (QED) is 0.399. The molecule has 9 nitrogen and oxygen atoms in total. The topological polar surface area (TPSA) is 136 Å². The highest BCUT2D eigenvalue weighted by Crippen LogP contribution is 2.26. The molecule has 10 heteroatoms. The number of carboxylic acid groups (broad SMARTS) is 1. The van der Waals surface area contributed by atoms with E-state index in [0.717, 1.165) is 17.2 Å². The third-order valence-corrected chi connectivity index (χ3v) is 4.53. The number of hydrogen-bond donors (Lipinski definition) is 4. The van der Waals surface area contributed by atoms with Gasteiger partial charge in [0.25, 0.3) is 5.88 Å². The number of amides is 1. The Kier molecular flexibility index (Phi) is 6.68. The number of aromatic nitrogens is 1. The fourth-order valence-corrected chi connectivity index (χ4v) is 2.94. The van der Waals surface area contributed by atoms with Crippen LogP contribution in [0, 0.1) is 0 Å². The molecule has 1 heterocycles. The second-order valence-electron chi connectivity index (χ2n) is 6.40. The Hall–Kier alpha value is -3.40. The lowest BCUT2D eigenvalue weighted by Crippen LogP contribution is -2.47. The van der Waals surface area contributed by atoms with Gasteiger partial charge in [0.05, 0.1) is 12.6 Å². The lowest BCUT2D eigenvalue weighted by molar-refractivity contribution is -0.148. The Morgan fingerprint density at radius 2 is 1.87 bits per heavy atom. The fraction of sp³-hybridized carbons (Fsp3) is 0.150. The number of hydrazine groups is 1. The SMILES string of the molecule is O=C(NN(Cc1ccc(-c2ccccc2)cc1Cl)CC(O)C(=O)O)c1cc(O)no1. The van der Waals surface area contributed by atoms with Crippen molar-refractivity contribution in [3.8, 4) is 17.0 Å². The molecule has 1 atom stereocenters. The van der Waals surface area contributed by atoms with Crippen molar-refractivity contribution in [1.82, 2.24) is 15.6 Å². The molecule has 0 spiro atoms. The molecule has 3 rings (SSSR count). The van der Waals surface area contributed by atoms with Crippen LogP contribution in [0.3, 0.4) is 0 Å². The number of benzene rings is 2. The molecule has 0 saturated heterocycles. The number of carbonyl (C=O) groups excluding carboxylic acids is 1. The fourth-order valence-electron chi connectivity index (χ4n) is 2.70. The molecular weight excluding hydrogens is 414 g/mol. The number of hydrogen-bond acceptors (Lipinski definition) is 7. The first-order valence-corrected chi connectivity index (χ1v) is 9.17. The molecule has 1 amide bonds. The van der Waals surface area contributed by atoms with Gasteiger partial charge in [-0.25, -0.2) is 9.80 Å². The van der Waals surface area contributed by atoms with E-state index < -0.39 is 30.4 Å². The smallest absolute Gasteiger partial charge is 0.333 e. The highest BCUT2D eigenvalue weighted by molar-refractivity contribution is 6.31. The van der Waals surface area contributed by atoms with Gasteiger partial charge in [-0.2, -0.15) is 0 Å². The Balaban J connectivity index is 1.79. The van der Waals surface area contributed by atoms with Crippen molar-refractivity contribution < 1.29 is 29.4 Å². The summed E-state index contributed by atoms with van der Waals surface area (Å²) < 4.78 is 4.67. The van der Waals surface area contributed by atoms with Gasteiger partial charge in [0.1, 0.15) is 0 Å². The maximum absolute atomic E-state index is 12.3. The molecule has 0 radical (unpaired) electrons. The Morgan fingerprint density at radius 3 is 2.47 bits per heavy atom. The van der Waals surface area contributed by atoms with E-state index >= 15 is 0 Å². The molecule has 0 aliphatic rings. The molecule has 30 heavy (non-hydrogen) atoms. The van der Waals surface area contributed by atoms with Gasteiger partial charge < -0.3 is 19.8 Å². The Labute approximate surface area is 176 Å². The zero-order valence-corrected chi connectivity index (χ0v) is 16.3. The first kappa shape index (κ1) is 21.3. The van der Waals surface area contributed by atoms with Gasteiger partial charge >= 0.3 is 11.9 Å². The summed E-state index contributed by atoms with van der Waals surface area (Å²) in [5, 5.41) is 32.7. The minimum absolute atomic E-state index is 0.00407. The van der Waals surface area contributed by atoms with Crippen LogP contribution in [0.2, 0.25) is 5.02 Å². The van der Waals surface area contributed by atoms with Crippen LogP contribution in [-0.4, -0.2) is 50.0 Å². The molecular formula is C20H18ClN3O6. The van der Waals surface area contributed by atoms with Gasteiger partial charge in [-0.05, 0) is 27.9 Å². The molecule has 4 N–H and O–H groups in total. The van der Waals surface area contributed by atoms with Crippen molar-refractivity contribution in [3.63, 3.8) is 0 Å². The lowest BCUT2D eigenvalue weighted by atomic mass is 10.0. The van der Waals surface area contributed by atoms with E-state index in [2.05, 4.69) is 15.1 Å². The molecule has 0 bridgehead atoms. The van der Waals surface area contributed by atoms with Crippen LogP contribution in [0.25, 0.3) is 11.1 Å². The number of aliphatic carboxylic acids is 1. The monoisotopic (exact) mass is 431 g/mol. The van der Waals surface area contributed by atoms with Crippen LogP contribution < -0.4 is 5.43 Å². The Morgan fingerprint density at radius 1 is 1.13 bits per heavy atom. The maximum Gasteiger partial charge on any atom is 0.333 e. The zero-order chi connectivity index (χ0) is 21.7. The number of aromatic hydroxyl groups is 1. The molecule has 2 aromatic carbocycles. The molecule has 156 valence electrons. The number of carbonyl (C=O) groups is 2. The van der Waals surface area contributed by atoms with E-state index in [9.17, 15) is 19.8 Å². The zero-order valence-electron chi connectivity index (χ0n) is 15.5. The van der Waals surface area contributed by atoms with E-state index in [1.165, 1.54) is 5.01 Å². The van der Waals surface area contributed by atoms with Crippen molar-refractivity contribution in [2.45, 2.75) is 12.6 Å². The molecule has 0 aliphatic heterocycles. The molecule has 0 fully saturated rings. The van der Waals surface area contributed by atoms with Gasteiger partial charge in [0.2, 0.25) is 5.76 Å². The average Bonchev–Trinajstić information content (AvgIpc) is 3.16. The largest absolute Gasteiger partial charge is 0.491 e. The number of aliphatic hydroxyl groups excluding tert-OH is 1. The first-order chi connectivity index (χ1) is 14.3. The first-order valence-electron chi connectivity index (χ1n) is 8.80. The van der Waals surface area contributed by atoms with Gasteiger partial charge in [0, 0.05) is 11.6 Å². The molecule has 1 aromatic heterocycles. The number of nitrogens with one attached hydrogen (secondary N) is 1. The minimum Gasteiger partial charge on any atom is -0.491 e. The van der Waals surface area contributed by atoms with E-state index in [-0.39, 0.29) is 12.3 Å². The predicted molar refractivity (Wildman–Crippen MR) is 107 cm³/mol. The summed E-state index contributed by atoms with van der Waals surface area (Å²) in [5.74, 6) is -2.99. The summed E-state index contributed by atoms with van der Waals surface area (Å²) in [6, 6.07) is 15.9. The summed E-state index contributed by atoms with van der Waals surface area (Å²) in [5.41, 5.74) is 4.88. The van der Waals surface area contributed by atoms with E-state index in [1.54, 1.807) is 12.1 Å². The number of rotatable bonds is 8. The Bertz CT molecular complexity index is 1040. The highest BCUT2D eigenvalue weighted by atomic mass is 35.5. The average molecular weight is 432 g/mol. The summed E-state index contributed by atoms with van der Waals surface area (Å²) in [6.45, 7) is -0.415. The van der Waals surface area contributed by atoms with Gasteiger partial charge in [-0.1, -0.05) is 54.1 Å². The second-order valence-corrected chi connectivity index (χ2v) is 6.80. The summed E-state index contributed by atoms with van der Waals surface area (Å²) in [6.07, 6.45) is -1.75. The van der Waals surface area contributed by atoms with E-state index in [1.807, 2.05) is 36.4 Å². The third kappa shape index (κ3) is 5.35. The van der Waals surface area contributed by atoms with Crippen molar-refractivity contribution in [3.05, 3.63) is 70.9 Å². The number of aliphatic hydroxyl groups is 1. The van der Waals surface area contributed by atoms with E-state index in [4.69, 9.17) is 16.7 Å². The van der Waals surface area contributed by atoms with Gasteiger partial charge in [0.15, 0.2) is 6.10 Å². The van der Waals surface area contributed by atoms with E-state index in [0.29, 0.717) is 10.6 Å². The normalized spacial score (nSPS) is 12.0. The highest BCUT2D eigenvalue weighted by Gasteiger charge is 2.23.